The van der Waals surface area contributed by atoms with Gasteiger partial charge in [0, 0.05) is 11.5 Å². The largest absolute Gasteiger partial charge is 0.428 e. The highest BCUT2D eigenvalue weighted by atomic mass is 31.1. The van der Waals surface area contributed by atoms with Gasteiger partial charge in [0.05, 0.1) is 6.61 Å². The maximum absolute atomic E-state index is 7.59. The number of nitriles is 1. The van der Waals surface area contributed by atoms with E-state index in [0.29, 0.717) is 18.6 Å². The molecule has 3 unspecified atom stereocenters. The third-order valence-electron chi connectivity index (χ3n) is 5.49. The second-order valence-electron chi connectivity index (χ2n) is 10.3. The van der Waals surface area contributed by atoms with Crippen LogP contribution in [0.15, 0.2) is 77.9 Å². The Morgan fingerprint density at radius 2 is 1.76 bits per heavy atom. The highest BCUT2D eigenvalue weighted by Crippen LogP contribution is 2.46. The summed E-state index contributed by atoms with van der Waals surface area (Å²) in [5, 5.41) is 10.8. The van der Waals surface area contributed by atoms with Crippen LogP contribution in [0.1, 0.15) is 94.1 Å². The van der Waals surface area contributed by atoms with Gasteiger partial charge in [-0.15, -0.1) is 0 Å². The predicted molar refractivity (Wildman–Crippen MR) is 173 cm³/mol. The summed E-state index contributed by atoms with van der Waals surface area (Å²) in [5.41, 5.74) is 4.22. The summed E-state index contributed by atoms with van der Waals surface area (Å²) in [5.74, 6) is 1.48. The number of hydrogen-bond acceptors (Lipinski definition) is 3. The molecular weight excluding hydrogens is 483 g/mol. The number of hydrogen-bond donors (Lipinski definition) is 1. The molecule has 0 saturated heterocycles. The minimum atomic E-state index is -0.0338. The Balaban J connectivity index is 0. The number of ether oxygens (including phenoxy) is 1. The number of nitrogens with one attached hydrogen (secondary N) is 1. The van der Waals surface area contributed by atoms with Crippen LogP contribution in [-0.4, -0.2) is 19.3 Å². The smallest absolute Gasteiger partial charge is 0.286 e. The molecule has 0 aromatic heterocycles. The van der Waals surface area contributed by atoms with Gasteiger partial charge in [-0.1, -0.05) is 117 Å². The first-order chi connectivity index (χ1) is 18.1. The van der Waals surface area contributed by atoms with Crippen molar-refractivity contribution in [2.75, 3.05) is 13.3 Å². The van der Waals surface area contributed by atoms with Crippen molar-refractivity contribution in [3.8, 4) is 6.26 Å². The van der Waals surface area contributed by atoms with Crippen molar-refractivity contribution in [2.24, 2.45) is 11.8 Å². The fourth-order valence-corrected chi connectivity index (χ4v) is 4.67. The van der Waals surface area contributed by atoms with Gasteiger partial charge in [0.15, 0.2) is 0 Å². The third kappa shape index (κ3) is 16.0. The van der Waals surface area contributed by atoms with E-state index in [1.165, 1.54) is 23.0 Å². The molecule has 0 fully saturated rings. The Labute approximate surface area is 238 Å². The molecule has 0 radical (unpaired) electrons. The summed E-state index contributed by atoms with van der Waals surface area (Å²) < 4.78 is 4.14. The van der Waals surface area contributed by atoms with E-state index < -0.39 is 0 Å². The van der Waals surface area contributed by atoms with Crippen LogP contribution < -0.4 is 5.09 Å². The molecule has 0 saturated carbocycles. The minimum Gasteiger partial charge on any atom is -0.428 e. The van der Waals surface area contributed by atoms with E-state index in [4.69, 9.17) is 5.26 Å². The van der Waals surface area contributed by atoms with Gasteiger partial charge in [0.1, 0.15) is 0 Å². The summed E-state index contributed by atoms with van der Waals surface area (Å²) in [6.07, 6.45) is 18.9. The lowest BCUT2D eigenvalue weighted by Gasteiger charge is -2.39. The third-order valence-corrected chi connectivity index (χ3v) is 6.36. The molecule has 0 heterocycles. The standard InChI is InChI=1S/C23H30.C4H12NP.C4H10.C3H5NO/c1-5-11-20(7-3)23(18-6-2,21-12-9-8-10-13-21)22-16-14-19(4)15-17-22;1-4(2)5-6-3;1-4(2)3;1-2-5-3-4/h5,7-14,16-17,19H,6,15,18H2,1-4H3;4-6H,1-3H3;4H,1-3H3;2H2,1H3/b11-5-,20-7+;;;. The molecule has 1 N–H and O–H groups in total. The quantitative estimate of drug-likeness (QED) is 0.192. The van der Waals surface area contributed by atoms with Crippen molar-refractivity contribution in [1.82, 2.24) is 5.09 Å². The average molecular weight is 541 g/mol. The number of benzene rings is 1. The van der Waals surface area contributed by atoms with Crippen LogP contribution in [0, 0.1) is 23.4 Å². The Bertz CT molecular complexity index is 859. The second kappa shape index (κ2) is 23.9. The zero-order valence-corrected chi connectivity index (χ0v) is 27.3. The maximum atomic E-state index is 7.59. The van der Waals surface area contributed by atoms with Gasteiger partial charge in [-0.2, -0.15) is 5.26 Å². The first-order valence-corrected chi connectivity index (χ1v) is 15.8. The molecular formula is C34H57N2OP. The summed E-state index contributed by atoms with van der Waals surface area (Å²) in [4.78, 5) is 0. The molecule has 1 aliphatic rings. The molecule has 1 aromatic rings. The number of rotatable bonds is 9. The molecule has 1 aromatic carbocycles. The summed E-state index contributed by atoms with van der Waals surface area (Å²) in [6, 6.07) is 11.7. The number of nitrogens with zero attached hydrogens (tertiary/aromatic N) is 1. The monoisotopic (exact) mass is 540 g/mol. The van der Waals surface area contributed by atoms with Crippen LogP contribution in [0.25, 0.3) is 0 Å². The van der Waals surface area contributed by atoms with Crippen LogP contribution in [0.5, 0.6) is 0 Å². The predicted octanol–water partition coefficient (Wildman–Crippen LogP) is 10.1. The molecule has 1 aliphatic carbocycles. The van der Waals surface area contributed by atoms with Crippen LogP contribution in [0.3, 0.4) is 0 Å². The van der Waals surface area contributed by atoms with Crippen molar-refractivity contribution in [3.63, 3.8) is 0 Å². The van der Waals surface area contributed by atoms with Gasteiger partial charge < -0.3 is 4.74 Å². The fourth-order valence-electron chi connectivity index (χ4n) is 4.09. The second-order valence-corrected chi connectivity index (χ2v) is 11.1. The van der Waals surface area contributed by atoms with E-state index in [1.807, 2.05) is 0 Å². The molecule has 3 nitrogen and oxygen atoms in total. The molecule has 0 aliphatic heterocycles. The summed E-state index contributed by atoms with van der Waals surface area (Å²) >= 11 is 0. The molecule has 0 spiro atoms. The van der Waals surface area contributed by atoms with Crippen LogP contribution in [0.2, 0.25) is 0 Å². The van der Waals surface area contributed by atoms with Crippen LogP contribution >= 0.6 is 8.73 Å². The first-order valence-electron chi connectivity index (χ1n) is 14.3. The van der Waals surface area contributed by atoms with Gasteiger partial charge in [-0.3, -0.25) is 5.09 Å². The highest BCUT2D eigenvalue weighted by molar-refractivity contribution is 7.34. The Kier molecular flexibility index (Phi) is 23.9. The van der Waals surface area contributed by atoms with Crippen LogP contribution in [-0.2, 0) is 10.2 Å². The number of allylic oxidation sites excluding steroid dienone is 8. The zero-order chi connectivity index (χ0) is 29.4. The van der Waals surface area contributed by atoms with Gasteiger partial charge in [-0.05, 0) is 82.7 Å². The lowest BCUT2D eigenvalue weighted by Crippen LogP contribution is -2.31. The van der Waals surface area contributed by atoms with Crippen molar-refractivity contribution < 1.29 is 4.74 Å². The highest BCUT2D eigenvalue weighted by Gasteiger charge is 2.37. The SMILES string of the molecule is C/C=C\C(=C/C)C(CCC)(C1=CCC(C)C=C1)c1ccccc1.CC(C)C.CCOC#N.CPNC(C)C. The van der Waals surface area contributed by atoms with Crippen molar-refractivity contribution in [3.05, 3.63) is 83.5 Å². The lowest BCUT2D eigenvalue weighted by molar-refractivity contribution is 0.291. The molecule has 0 bridgehead atoms. The average Bonchev–Trinajstić information content (AvgIpc) is 2.88. The van der Waals surface area contributed by atoms with Gasteiger partial charge in [0.2, 0.25) is 0 Å². The zero-order valence-electron chi connectivity index (χ0n) is 26.3. The van der Waals surface area contributed by atoms with Crippen molar-refractivity contribution in [1.29, 1.82) is 5.26 Å². The summed E-state index contributed by atoms with van der Waals surface area (Å²) in [7, 11) is 0.888. The normalized spacial score (nSPS) is 16.5. The van der Waals surface area contributed by atoms with E-state index in [-0.39, 0.29) is 5.41 Å². The van der Waals surface area contributed by atoms with E-state index in [1.54, 1.807) is 6.92 Å². The molecule has 3 atom stereocenters. The van der Waals surface area contributed by atoms with Crippen LogP contribution in [0.4, 0.5) is 0 Å². The first kappa shape index (κ1) is 38.0. The molecule has 0 amide bonds. The summed E-state index contributed by atoms with van der Waals surface area (Å²) in [6.45, 7) is 24.0. The molecule has 214 valence electrons. The minimum absolute atomic E-state index is 0.0338. The molecule has 4 heteroatoms. The fraction of sp³-hybridized carbons (Fsp3) is 0.559. The molecule has 2 rings (SSSR count). The van der Waals surface area contributed by atoms with E-state index in [2.05, 4.69) is 146 Å². The van der Waals surface area contributed by atoms with Gasteiger partial charge in [0.25, 0.3) is 6.26 Å². The Morgan fingerprint density at radius 3 is 2.08 bits per heavy atom. The van der Waals surface area contributed by atoms with E-state index >= 15 is 0 Å². The van der Waals surface area contributed by atoms with Crippen molar-refractivity contribution >= 4 is 8.73 Å². The van der Waals surface area contributed by atoms with Crippen molar-refractivity contribution in [2.45, 2.75) is 100.0 Å². The topological polar surface area (TPSA) is 45.0 Å². The molecule has 38 heavy (non-hydrogen) atoms. The van der Waals surface area contributed by atoms with Gasteiger partial charge in [-0.25, -0.2) is 0 Å². The van der Waals surface area contributed by atoms with Gasteiger partial charge >= 0.3 is 0 Å². The Morgan fingerprint density at radius 1 is 1.16 bits per heavy atom. The maximum Gasteiger partial charge on any atom is 0.286 e. The van der Waals surface area contributed by atoms with E-state index in [9.17, 15) is 0 Å². The lowest BCUT2D eigenvalue weighted by atomic mass is 9.64. The Hall–Kier alpha value is -2.14. The van der Waals surface area contributed by atoms with E-state index in [0.717, 1.165) is 33.9 Å².